The second kappa shape index (κ2) is 6.39. The van der Waals surface area contributed by atoms with Crippen molar-refractivity contribution in [2.24, 2.45) is 0 Å². The fourth-order valence-electron chi connectivity index (χ4n) is 1.37. The molecule has 0 bridgehead atoms. The molecule has 0 atom stereocenters. The number of nitro groups is 1. The second-order valence-electron chi connectivity index (χ2n) is 3.37. The highest BCUT2D eigenvalue weighted by Gasteiger charge is 2.11. The number of benzene rings is 1. The third-order valence-corrected chi connectivity index (χ3v) is 2.19. The van der Waals surface area contributed by atoms with Crippen molar-refractivity contribution in [3.8, 4) is 0 Å². The summed E-state index contributed by atoms with van der Waals surface area (Å²) in [6.45, 7) is 2.03. The average molecular weight is 250 g/mol. The van der Waals surface area contributed by atoms with Gasteiger partial charge in [0.2, 0.25) is 0 Å². The Kier molecular flexibility index (Phi) is 4.86. The maximum absolute atomic E-state index is 11.1. The molecule has 1 rings (SSSR count). The van der Waals surface area contributed by atoms with E-state index in [1.54, 1.807) is 32.2 Å². The molecule has 0 amide bonds. The zero-order chi connectivity index (χ0) is 13.5. The lowest BCUT2D eigenvalue weighted by Crippen LogP contribution is -1.99. The molecule has 0 spiro atoms. The number of nitro benzene ring substituents is 1. The molecule has 0 aliphatic heterocycles. The molecule has 0 aliphatic rings. The molecule has 0 aliphatic carbocycles. The Balaban J connectivity index is 2.92. The molecule has 0 aromatic heterocycles. The van der Waals surface area contributed by atoms with Crippen LogP contribution in [0.3, 0.4) is 0 Å². The van der Waals surface area contributed by atoms with E-state index < -0.39 is 10.9 Å². The van der Waals surface area contributed by atoms with Crippen LogP contribution in [0.4, 0.5) is 11.4 Å². The van der Waals surface area contributed by atoms with E-state index in [9.17, 15) is 14.9 Å². The summed E-state index contributed by atoms with van der Waals surface area (Å²) in [5, 5.41) is 13.5. The van der Waals surface area contributed by atoms with Gasteiger partial charge < -0.3 is 10.1 Å². The molecule has 0 unspecified atom stereocenters. The molecule has 0 saturated heterocycles. The van der Waals surface area contributed by atoms with Crippen LogP contribution in [-0.2, 0) is 9.53 Å². The Labute approximate surface area is 104 Å². The standard InChI is InChI=1S/C12H14N2O4/c1-3-18-12(15)7-5-9-4-6-11(14(16)17)10(8-9)13-2/h4-8,13H,3H2,1-2H3. The van der Waals surface area contributed by atoms with Crippen molar-refractivity contribution in [2.75, 3.05) is 19.0 Å². The largest absolute Gasteiger partial charge is 0.463 e. The Morgan fingerprint density at radius 2 is 2.28 bits per heavy atom. The van der Waals surface area contributed by atoms with Crippen LogP contribution < -0.4 is 5.32 Å². The van der Waals surface area contributed by atoms with Crippen molar-refractivity contribution < 1.29 is 14.5 Å². The number of rotatable bonds is 5. The molecule has 6 nitrogen and oxygen atoms in total. The minimum absolute atomic E-state index is 0.00853. The number of nitrogens with zero attached hydrogens (tertiary/aromatic N) is 1. The first-order chi connectivity index (χ1) is 8.58. The minimum Gasteiger partial charge on any atom is -0.463 e. The smallest absolute Gasteiger partial charge is 0.330 e. The average Bonchev–Trinajstić information content (AvgIpc) is 2.36. The molecule has 1 N–H and O–H groups in total. The highest BCUT2D eigenvalue weighted by molar-refractivity contribution is 5.87. The molecule has 0 heterocycles. The molecule has 0 saturated carbocycles. The van der Waals surface area contributed by atoms with Gasteiger partial charge in [-0.05, 0) is 30.7 Å². The zero-order valence-electron chi connectivity index (χ0n) is 10.2. The van der Waals surface area contributed by atoms with Crippen LogP contribution in [0.15, 0.2) is 24.3 Å². The Hall–Kier alpha value is -2.37. The van der Waals surface area contributed by atoms with Crippen molar-refractivity contribution in [2.45, 2.75) is 6.92 Å². The lowest BCUT2D eigenvalue weighted by Gasteiger charge is -2.03. The van der Waals surface area contributed by atoms with Gasteiger partial charge in [-0.15, -0.1) is 0 Å². The van der Waals surface area contributed by atoms with Gasteiger partial charge in [-0.1, -0.05) is 0 Å². The summed E-state index contributed by atoms with van der Waals surface area (Å²) in [5.41, 5.74) is 1.06. The lowest BCUT2D eigenvalue weighted by molar-refractivity contribution is -0.383. The summed E-state index contributed by atoms with van der Waals surface area (Å²) in [6, 6.07) is 4.54. The first-order valence-electron chi connectivity index (χ1n) is 5.39. The Morgan fingerprint density at radius 3 is 2.83 bits per heavy atom. The van der Waals surface area contributed by atoms with E-state index in [1.165, 1.54) is 12.1 Å². The lowest BCUT2D eigenvalue weighted by atomic mass is 10.1. The first-order valence-corrected chi connectivity index (χ1v) is 5.39. The van der Waals surface area contributed by atoms with Gasteiger partial charge in [0, 0.05) is 19.2 Å². The van der Waals surface area contributed by atoms with Crippen molar-refractivity contribution in [1.29, 1.82) is 0 Å². The van der Waals surface area contributed by atoms with Crippen LogP contribution in [0.1, 0.15) is 12.5 Å². The number of carbonyl (C=O) groups excluding carboxylic acids is 1. The van der Waals surface area contributed by atoms with Crippen LogP contribution >= 0.6 is 0 Å². The number of ether oxygens (including phenoxy) is 1. The summed E-state index contributed by atoms with van der Waals surface area (Å²) in [4.78, 5) is 21.4. The molecule has 0 radical (unpaired) electrons. The van der Waals surface area contributed by atoms with E-state index in [1.807, 2.05) is 0 Å². The molecule has 18 heavy (non-hydrogen) atoms. The van der Waals surface area contributed by atoms with E-state index in [2.05, 4.69) is 5.32 Å². The number of hydrogen-bond acceptors (Lipinski definition) is 5. The predicted octanol–water partition coefficient (Wildman–Crippen LogP) is 2.21. The molecule has 96 valence electrons. The second-order valence-corrected chi connectivity index (χ2v) is 3.37. The third kappa shape index (κ3) is 3.58. The van der Waals surface area contributed by atoms with Gasteiger partial charge in [-0.25, -0.2) is 4.79 Å². The van der Waals surface area contributed by atoms with E-state index in [0.29, 0.717) is 17.9 Å². The molecule has 1 aromatic carbocycles. The summed E-state index contributed by atoms with van der Waals surface area (Å²) in [7, 11) is 1.60. The van der Waals surface area contributed by atoms with Crippen LogP contribution in [0, 0.1) is 10.1 Å². The topological polar surface area (TPSA) is 81.5 Å². The van der Waals surface area contributed by atoms with Gasteiger partial charge in [0.25, 0.3) is 5.69 Å². The van der Waals surface area contributed by atoms with E-state index in [-0.39, 0.29) is 5.69 Å². The Bertz CT molecular complexity index is 483. The highest BCUT2D eigenvalue weighted by Crippen LogP contribution is 2.25. The summed E-state index contributed by atoms with van der Waals surface area (Å²) in [5.74, 6) is -0.443. The SMILES string of the molecule is CCOC(=O)C=Cc1ccc([N+](=O)[O-])c(NC)c1. The van der Waals surface area contributed by atoms with Gasteiger partial charge >= 0.3 is 5.97 Å². The summed E-state index contributed by atoms with van der Waals surface area (Å²) in [6.07, 6.45) is 2.83. The number of carbonyl (C=O) groups is 1. The predicted molar refractivity (Wildman–Crippen MR) is 68.3 cm³/mol. The monoisotopic (exact) mass is 250 g/mol. The quantitative estimate of drug-likeness (QED) is 0.375. The fraction of sp³-hybridized carbons (Fsp3) is 0.250. The number of hydrogen-bond donors (Lipinski definition) is 1. The van der Waals surface area contributed by atoms with Gasteiger partial charge in [-0.3, -0.25) is 10.1 Å². The van der Waals surface area contributed by atoms with Gasteiger partial charge in [0.15, 0.2) is 0 Å². The first kappa shape index (κ1) is 13.7. The van der Waals surface area contributed by atoms with Crippen LogP contribution in [0.25, 0.3) is 6.08 Å². The molecular weight excluding hydrogens is 236 g/mol. The van der Waals surface area contributed by atoms with E-state index >= 15 is 0 Å². The van der Waals surface area contributed by atoms with E-state index in [0.717, 1.165) is 0 Å². The van der Waals surface area contributed by atoms with Crippen LogP contribution in [0.5, 0.6) is 0 Å². The fourth-order valence-corrected chi connectivity index (χ4v) is 1.37. The van der Waals surface area contributed by atoms with Crippen LogP contribution in [0.2, 0.25) is 0 Å². The van der Waals surface area contributed by atoms with Crippen LogP contribution in [-0.4, -0.2) is 24.5 Å². The molecule has 6 heteroatoms. The van der Waals surface area contributed by atoms with Gasteiger partial charge in [-0.2, -0.15) is 0 Å². The molecule has 0 fully saturated rings. The normalized spacial score (nSPS) is 10.3. The highest BCUT2D eigenvalue weighted by atomic mass is 16.6. The third-order valence-electron chi connectivity index (χ3n) is 2.19. The number of esters is 1. The minimum atomic E-state index is -0.468. The maximum Gasteiger partial charge on any atom is 0.330 e. The number of nitrogens with one attached hydrogen (secondary N) is 1. The van der Waals surface area contributed by atoms with Gasteiger partial charge in [0.05, 0.1) is 11.5 Å². The van der Waals surface area contributed by atoms with Crippen molar-refractivity contribution in [3.05, 3.63) is 40.0 Å². The molecule has 1 aromatic rings. The van der Waals surface area contributed by atoms with Crippen molar-refractivity contribution >= 4 is 23.4 Å². The Morgan fingerprint density at radius 1 is 1.56 bits per heavy atom. The van der Waals surface area contributed by atoms with Crippen molar-refractivity contribution in [3.63, 3.8) is 0 Å². The maximum atomic E-state index is 11.1. The zero-order valence-corrected chi connectivity index (χ0v) is 10.2. The summed E-state index contributed by atoms with van der Waals surface area (Å²) >= 11 is 0. The van der Waals surface area contributed by atoms with Gasteiger partial charge in [0.1, 0.15) is 5.69 Å². The molecular formula is C12H14N2O4. The van der Waals surface area contributed by atoms with Crippen molar-refractivity contribution in [1.82, 2.24) is 0 Å². The summed E-state index contributed by atoms with van der Waals surface area (Å²) < 4.78 is 4.73. The number of anilines is 1. The van der Waals surface area contributed by atoms with E-state index in [4.69, 9.17) is 4.74 Å².